The molecule has 3 N–H and O–H groups in total. The predicted octanol–water partition coefficient (Wildman–Crippen LogP) is 6.07. The van der Waals surface area contributed by atoms with E-state index < -0.39 is 11.7 Å². The van der Waals surface area contributed by atoms with Crippen LogP contribution in [0.4, 0.5) is 4.79 Å². The summed E-state index contributed by atoms with van der Waals surface area (Å²) in [6.07, 6.45) is 2.40. The van der Waals surface area contributed by atoms with Crippen LogP contribution in [0.5, 0.6) is 23.0 Å². The lowest BCUT2D eigenvalue weighted by Crippen LogP contribution is -2.45. The number of amides is 3. The molecule has 4 rings (SSSR count). The van der Waals surface area contributed by atoms with Crippen LogP contribution < -0.4 is 25.4 Å². The Morgan fingerprint density at radius 3 is 1.72 bits per heavy atom. The first-order valence-electron chi connectivity index (χ1n) is 14.1. The van der Waals surface area contributed by atoms with E-state index >= 15 is 0 Å². The van der Waals surface area contributed by atoms with Crippen molar-refractivity contribution in [2.24, 2.45) is 0 Å². The van der Waals surface area contributed by atoms with E-state index in [1.165, 1.54) is 0 Å². The maximum absolute atomic E-state index is 13.4. The molecule has 1 saturated carbocycles. The van der Waals surface area contributed by atoms with Gasteiger partial charge in [0.05, 0.1) is 11.6 Å². The van der Waals surface area contributed by atoms with Crippen LogP contribution in [0.2, 0.25) is 0 Å². The third-order valence-corrected chi connectivity index (χ3v) is 6.72. The summed E-state index contributed by atoms with van der Waals surface area (Å²) in [5.74, 6) is 1.22. The highest BCUT2D eigenvalue weighted by molar-refractivity contribution is 5.95. The van der Waals surface area contributed by atoms with Crippen molar-refractivity contribution < 1.29 is 28.6 Å². The molecular formula is C33H36N4O6. The van der Waals surface area contributed by atoms with Gasteiger partial charge in [0.25, 0.3) is 11.8 Å². The normalized spacial score (nSPS) is 16.3. The van der Waals surface area contributed by atoms with E-state index in [0.717, 1.165) is 0 Å². The number of ether oxygens (including phenoxy) is 3. The minimum Gasteiger partial charge on any atom is -0.457 e. The molecule has 0 saturated heterocycles. The van der Waals surface area contributed by atoms with Crippen LogP contribution in [0, 0.1) is 11.3 Å². The van der Waals surface area contributed by atoms with Crippen LogP contribution in [0.1, 0.15) is 72.7 Å². The van der Waals surface area contributed by atoms with Gasteiger partial charge in [-0.3, -0.25) is 9.59 Å². The van der Waals surface area contributed by atoms with Crippen molar-refractivity contribution in [1.29, 1.82) is 5.26 Å². The fourth-order valence-electron chi connectivity index (χ4n) is 4.63. The largest absolute Gasteiger partial charge is 0.457 e. The van der Waals surface area contributed by atoms with Gasteiger partial charge in [0, 0.05) is 36.3 Å². The lowest BCUT2D eigenvalue weighted by atomic mass is 9.91. The van der Waals surface area contributed by atoms with Gasteiger partial charge in [0.15, 0.2) is 0 Å². The highest BCUT2D eigenvalue weighted by Crippen LogP contribution is 2.31. The highest BCUT2D eigenvalue weighted by Gasteiger charge is 2.26. The number of nitrogens with one attached hydrogen (secondary N) is 3. The molecule has 1 aliphatic carbocycles. The Labute approximate surface area is 251 Å². The molecule has 0 bridgehead atoms. The van der Waals surface area contributed by atoms with Gasteiger partial charge in [-0.25, -0.2) is 4.79 Å². The van der Waals surface area contributed by atoms with Crippen LogP contribution in [-0.4, -0.2) is 42.6 Å². The quantitative estimate of drug-likeness (QED) is 0.292. The van der Waals surface area contributed by atoms with Gasteiger partial charge in [-0.15, -0.1) is 0 Å². The predicted molar refractivity (Wildman–Crippen MR) is 160 cm³/mol. The first kappa shape index (κ1) is 30.9. The van der Waals surface area contributed by atoms with Crippen LogP contribution in [0.15, 0.2) is 66.7 Å². The van der Waals surface area contributed by atoms with Crippen molar-refractivity contribution in [2.45, 2.75) is 64.1 Å². The van der Waals surface area contributed by atoms with Gasteiger partial charge in [0.1, 0.15) is 28.6 Å². The topological polar surface area (TPSA) is 139 Å². The van der Waals surface area contributed by atoms with Crippen molar-refractivity contribution in [3.8, 4) is 29.1 Å². The van der Waals surface area contributed by atoms with Crippen LogP contribution in [0.25, 0.3) is 0 Å². The van der Waals surface area contributed by atoms with Gasteiger partial charge < -0.3 is 30.2 Å². The van der Waals surface area contributed by atoms with E-state index in [1.807, 2.05) is 20.8 Å². The molecule has 3 aromatic rings. The standard InChI is InChI=1S/C33H36N4O6/c1-33(2,3)43-32(40)37-25-11-9-24(10-12-25)36-31(39)23-17-28(41-26-13-5-21(20-34)6-14-26)19-29(18-23)42-27-15-7-22(8-16-27)30(38)35-4/h5-8,13-19,24-25H,9-12H2,1-4H3,(H,35,38)(H,36,39)(H,37,40). The lowest BCUT2D eigenvalue weighted by Gasteiger charge is -2.30. The summed E-state index contributed by atoms with van der Waals surface area (Å²) >= 11 is 0. The molecule has 224 valence electrons. The van der Waals surface area contributed by atoms with Crippen LogP contribution in [0.3, 0.4) is 0 Å². The molecule has 0 radical (unpaired) electrons. The number of hydrogen-bond acceptors (Lipinski definition) is 7. The second-order valence-electron chi connectivity index (χ2n) is 11.3. The average Bonchev–Trinajstić information content (AvgIpc) is 2.97. The van der Waals surface area contributed by atoms with E-state index in [0.29, 0.717) is 65.4 Å². The Balaban J connectivity index is 1.46. The third kappa shape index (κ3) is 9.23. The molecule has 0 aromatic heterocycles. The molecule has 0 aliphatic heterocycles. The summed E-state index contributed by atoms with van der Waals surface area (Å²) in [6.45, 7) is 5.47. The molecule has 10 nitrogen and oxygen atoms in total. The Kier molecular flexibility index (Phi) is 9.88. The zero-order valence-electron chi connectivity index (χ0n) is 24.7. The number of carbonyl (C=O) groups is 3. The molecular weight excluding hydrogens is 548 g/mol. The van der Waals surface area contributed by atoms with Gasteiger partial charge in [0.2, 0.25) is 0 Å². The Morgan fingerprint density at radius 1 is 0.721 bits per heavy atom. The van der Waals surface area contributed by atoms with Crippen molar-refractivity contribution >= 4 is 17.9 Å². The summed E-state index contributed by atoms with van der Waals surface area (Å²) in [5, 5.41) is 17.7. The number of rotatable bonds is 8. The lowest BCUT2D eigenvalue weighted by molar-refractivity contribution is 0.0487. The second-order valence-corrected chi connectivity index (χ2v) is 11.3. The van der Waals surface area contributed by atoms with Gasteiger partial charge in [-0.2, -0.15) is 5.26 Å². The van der Waals surface area contributed by atoms with Crippen molar-refractivity contribution in [3.05, 3.63) is 83.4 Å². The maximum atomic E-state index is 13.4. The molecule has 3 amide bonds. The number of benzene rings is 3. The molecule has 0 atom stereocenters. The van der Waals surface area contributed by atoms with E-state index in [-0.39, 0.29) is 23.9 Å². The molecule has 43 heavy (non-hydrogen) atoms. The van der Waals surface area contributed by atoms with Crippen LogP contribution in [-0.2, 0) is 4.74 Å². The molecule has 1 fully saturated rings. The fourth-order valence-corrected chi connectivity index (χ4v) is 4.63. The maximum Gasteiger partial charge on any atom is 0.407 e. The fraction of sp³-hybridized carbons (Fsp3) is 0.333. The minimum absolute atomic E-state index is 0.0121. The van der Waals surface area contributed by atoms with Crippen molar-refractivity contribution in [2.75, 3.05) is 7.05 Å². The number of nitriles is 1. The molecule has 0 spiro atoms. The molecule has 0 heterocycles. The second kappa shape index (κ2) is 13.7. The van der Waals surface area contributed by atoms with Crippen molar-refractivity contribution in [1.82, 2.24) is 16.0 Å². The Hall–Kier alpha value is -5.04. The smallest absolute Gasteiger partial charge is 0.407 e. The molecule has 1 aliphatic rings. The van der Waals surface area contributed by atoms with E-state index in [4.69, 9.17) is 19.5 Å². The first-order chi connectivity index (χ1) is 20.5. The van der Waals surface area contributed by atoms with Gasteiger partial charge in [-0.05, 0) is 107 Å². The summed E-state index contributed by atoms with van der Waals surface area (Å²) in [6, 6.07) is 20.2. The number of carbonyl (C=O) groups excluding carboxylic acids is 3. The van der Waals surface area contributed by atoms with E-state index in [9.17, 15) is 14.4 Å². The van der Waals surface area contributed by atoms with Gasteiger partial charge in [-0.1, -0.05) is 0 Å². The average molecular weight is 585 g/mol. The van der Waals surface area contributed by atoms with E-state index in [2.05, 4.69) is 22.0 Å². The summed E-state index contributed by atoms with van der Waals surface area (Å²) in [5.41, 5.74) is 0.771. The number of nitrogens with zero attached hydrogens (tertiary/aromatic N) is 1. The minimum atomic E-state index is -0.564. The third-order valence-electron chi connectivity index (χ3n) is 6.72. The van der Waals surface area contributed by atoms with Gasteiger partial charge >= 0.3 is 6.09 Å². The highest BCUT2D eigenvalue weighted by atomic mass is 16.6. The molecule has 3 aromatic carbocycles. The Morgan fingerprint density at radius 2 is 1.23 bits per heavy atom. The summed E-state index contributed by atoms with van der Waals surface area (Å²) in [7, 11) is 1.56. The zero-order chi connectivity index (χ0) is 31.0. The van der Waals surface area contributed by atoms with Crippen LogP contribution >= 0.6 is 0 Å². The molecule has 10 heteroatoms. The Bertz CT molecular complexity index is 1480. The van der Waals surface area contributed by atoms with E-state index in [1.54, 1.807) is 73.8 Å². The first-order valence-corrected chi connectivity index (χ1v) is 14.1. The zero-order valence-corrected chi connectivity index (χ0v) is 24.7. The summed E-state index contributed by atoms with van der Waals surface area (Å²) < 4.78 is 17.4. The van der Waals surface area contributed by atoms with Crippen molar-refractivity contribution in [3.63, 3.8) is 0 Å². The SMILES string of the molecule is CNC(=O)c1ccc(Oc2cc(Oc3ccc(C#N)cc3)cc(C(=O)NC3CCC(NC(=O)OC(C)(C)C)CC3)c2)cc1. The number of hydrogen-bond donors (Lipinski definition) is 3. The number of alkyl carbamates (subject to hydrolysis) is 1. The summed E-state index contributed by atoms with van der Waals surface area (Å²) in [4.78, 5) is 37.4. The molecule has 0 unspecified atom stereocenters. The monoisotopic (exact) mass is 584 g/mol.